The van der Waals surface area contributed by atoms with Crippen molar-refractivity contribution in [1.82, 2.24) is 4.57 Å². The fourth-order valence-corrected chi connectivity index (χ4v) is 3.58. The van der Waals surface area contributed by atoms with Crippen molar-refractivity contribution in [1.29, 1.82) is 0 Å². The number of hydrogen-bond acceptors (Lipinski definition) is 2. The van der Waals surface area contributed by atoms with Gasteiger partial charge in [-0.3, -0.25) is 4.79 Å². The van der Waals surface area contributed by atoms with Crippen molar-refractivity contribution >= 4 is 44.0 Å². The molecule has 1 aromatic heterocycles. The molecule has 0 amide bonds. The number of aldehydes is 1. The van der Waals surface area contributed by atoms with Crippen LogP contribution in [0, 0.1) is 0 Å². The first-order valence-corrected chi connectivity index (χ1v) is 8.79. The Labute approximate surface area is 154 Å². The zero-order chi connectivity index (χ0) is 17.4. The first-order valence-electron chi connectivity index (χ1n) is 8.00. The van der Waals surface area contributed by atoms with Crippen molar-refractivity contribution in [2.75, 3.05) is 7.11 Å². The van der Waals surface area contributed by atoms with E-state index >= 15 is 0 Å². The lowest BCUT2D eigenvalue weighted by atomic mass is 10.1. The SMILES string of the molecule is COc1cccc2c3cc(C=O)ccc3n(Cc3ccc(Br)cc3)c12. The summed E-state index contributed by atoms with van der Waals surface area (Å²) >= 11 is 3.48. The monoisotopic (exact) mass is 393 g/mol. The van der Waals surface area contributed by atoms with Crippen molar-refractivity contribution in [3.63, 3.8) is 0 Å². The Hall–Kier alpha value is -2.59. The molecule has 0 fully saturated rings. The molecule has 0 saturated heterocycles. The van der Waals surface area contributed by atoms with E-state index < -0.39 is 0 Å². The highest BCUT2D eigenvalue weighted by atomic mass is 79.9. The zero-order valence-electron chi connectivity index (χ0n) is 13.7. The Bertz CT molecular complexity index is 1080. The van der Waals surface area contributed by atoms with Gasteiger partial charge in [0.25, 0.3) is 0 Å². The summed E-state index contributed by atoms with van der Waals surface area (Å²) in [6, 6.07) is 20.2. The number of halogens is 1. The number of benzene rings is 3. The standard InChI is InChI=1S/C21H16BrNO2/c1-25-20-4-2-3-17-18-11-15(13-24)7-10-19(18)23(21(17)20)12-14-5-8-16(22)9-6-14/h2-11,13H,12H2,1H3. The molecule has 0 N–H and O–H groups in total. The van der Waals surface area contributed by atoms with Crippen LogP contribution in [0.3, 0.4) is 0 Å². The van der Waals surface area contributed by atoms with Gasteiger partial charge in [-0.1, -0.05) is 40.2 Å². The van der Waals surface area contributed by atoms with E-state index in [2.05, 4.69) is 38.7 Å². The molecule has 3 aromatic carbocycles. The Morgan fingerprint density at radius 2 is 1.84 bits per heavy atom. The van der Waals surface area contributed by atoms with Crippen LogP contribution in [0.2, 0.25) is 0 Å². The molecular formula is C21H16BrNO2. The van der Waals surface area contributed by atoms with E-state index in [0.717, 1.165) is 44.9 Å². The van der Waals surface area contributed by atoms with Crippen molar-refractivity contribution < 1.29 is 9.53 Å². The molecule has 3 nitrogen and oxygen atoms in total. The van der Waals surface area contributed by atoms with Gasteiger partial charge < -0.3 is 9.30 Å². The molecule has 4 aromatic rings. The summed E-state index contributed by atoms with van der Waals surface area (Å²) < 4.78 is 8.93. The predicted molar refractivity (Wildman–Crippen MR) is 105 cm³/mol. The molecule has 0 aliphatic rings. The van der Waals surface area contributed by atoms with Crippen molar-refractivity contribution in [3.8, 4) is 5.75 Å². The van der Waals surface area contributed by atoms with Crippen LogP contribution < -0.4 is 4.74 Å². The minimum absolute atomic E-state index is 0.679. The summed E-state index contributed by atoms with van der Waals surface area (Å²) in [7, 11) is 1.69. The Morgan fingerprint density at radius 1 is 1.04 bits per heavy atom. The largest absolute Gasteiger partial charge is 0.495 e. The third-order valence-electron chi connectivity index (χ3n) is 4.48. The Kier molecular flexibility index (Phi) is 4.06. The van der Waals surface area contributed by atoms with Crippen molar-refractivity contribution in [2.45, 2.75) is 6.54 Å². The molecule has 0 bridgehead atoms. The first-order chi connectivity index (χ1) is 12.2. The average molecular weight is 394 g/mol. The maximum absolute atomic E-state index is 11.2. The van der Waals surface area contributed by atoms with Crippen LogP contribution in [0.4, 0.5) is 0 Å². The molecule has 0 radical (unpaired) electrons. The fourth-order valence-electron chi connectivity index (χ4n) is 3.32. The molecule has 25 heavy (non-hydrogen) atoms. The minimum atomic E-state index is 0.679. The lowest BCUT2D eigenvalue weighted by Gasteiger charge is -2.10. The van der Waals surface area contributed by atoms with Crippen LogP contribution in [0.5, 0.6) is 5.75 Å². The molecular weight excluding hydrogens is 378 g/mol. The summed E-state index contributed by atoms with van der Waals surface area (Å²) in [4.78, 5) is 11.2. The van der Waals surface area contributed by atoms with Crippen LogP contribution >= 0.6 is 15.9 Å². The topological polar surface area (TPSA) is 31.2 Å². The molecule has 0 unspecified atom stereocenters. The van der Waals surface area contributed by atoms with Gasteiger partial charge >= 0.3 is 0 Å². The molecule has 0 atom stereocenters. The first kappa shape index (κ1) is 15.9. The lowest BCUT2D eigenvalue weighted by molar-refractivity contribution is 0.112. The van der Waals surface area contributed by atoms with Gasteiger partial charge in [-0.25, -0.2) is 0 Å². The molecule has 0 saturated carbocycles. The van der Waals surface area contributed by atoms with Gasteiger partial charge in [-0.05, 0) is 42.0 Å². The van der Waals surface area contributed by atoms with E-state index in [9.17, 15) is 4.79 Å². The second-order valence-corrected chi connectivity index (χ2v) is 6.88. The molecule has 0 aliphatic heterocycles. The van der Waals surface area contributed by atoms with E-state index in [1.807, 2.05) is 42.5 Å². The van der Waals surface area contributed by atoms with Gasteiger partial charge in [0.05, 0.1) is 12.6 Å². The predicted octanol–water partition coefficient (Wildman–Crippen LogP) is 5.43. The van der Waals surface area contributed by atoms with E-state index in [-0.39, 0.29) is 0 Å². The molecule has 1 heterocycles. The third kappa shape index (κ3) is 2.72. The van der Waals surface area contributed by atoms with Gasteiger partial charge in [-0.2, -0.15) is 0 Å². The van der Waals surface area contributed by atoms with Crippen molar-refractivity contribution in [3.05, 3.63) is 76.3 Å². The van der Waals surface area contributed by atoms with E-state index in [0.29, 0.717) is 5.56 Å². The van der Waals surface area contributed by atoms with E-state index in [1.165, 1.54) is 5.56 Å². The Balaban J connectivity index is 2.02. The molecule has 0 aliphatic carbocycles. The van der Waals surface area contributed by atoms with Gasteiger partial charge in [0.15, 0.2) is 0 Å². The summed E-state index contributed by atoms with van der Waals surface area (Å²) in [5.41, 5.74) is 4.02. The number of methoxy groups -OCH3 is 1. The smallest absolute Gasteiger partial charge is 0.150 e. The van der Waals surface area contributed by atoms with Crippen LogP contribution in [0.25, 0.3) is 21.8 Å². The van der Waals surface area contributed by atoms with E-state index in [1.54, 1.807) is 7.11 Å². The van der Waals surface area contributed by atoms with Gasteiger partial charge in [0.2, 0.25) is 0 Å². The van der Waals surface area contributed by atoms with Crippen LogP contribution in [-0.2, 0) is 6.54 Å². The molecule has 4 heteroatoms. The number of para-hydroxylation sites is 1. The van der Waals surface area contributed by atoms with E-state index in [4.69, 9.17) is 4.74 Å². The number of carbonyl (C=O) groups is 1. The van der Waals surface area contributed by atoms with Crippen LogP contribution in [0.1, 0.15) is 15.9 Å². The van der Waals surface area contributed by atoms with Crippen LogP contribution in [0.15, 0.2) is 65.1 Å². The minimum Gasteiger partial charge on any atom is -0.495 e. The number of aromatic nitrogens is 1. The highest BCUT2D eigenvalue weighted by molar-refractivity contribution is 9.10. The molecule has 0 spiro atoms. The van der Waals surface area contributed by atoms with Gasteiger partial charge in [0.1, 0.15) is 12.0 Å². The number of ether oxygens (including phenoxy) is 1. The fraction of sp³-hybridized carbons (Fsp3) is 0.0952. The lowest BCUT2D eigenvalue weighted by Crippen LogP contribution is -2.00. The summed E-state index contributed by atoms with van der Waals surface area (Å²) in [5.74, 6) is 0.832. The summed E-state index contributed by atoms with van der Waals surface area (Å²) in [5, 5.41) is 2.16. The number of rotatable bonds is 4. The summed E-state index contributed by atoms with van der Waals surface area (Å²) in [6.45, 7) is 0.730. The number of nitrogens with zero attached hydrogens (tertiary/aromatic N) is 1. The van der Waals surface area contributed by atoms with Crippen LogP contribution in [-0.4, -0.2) is 18.0 Å². The molecule has 4 rings (SSSR count). The summed E-state index contributed by atoms with van der Waals surface area (Å²) in [6.07, 6.45) is 0.886. The number of fused-ring (bicyclic) bond motifs is 3. The van der Waals surface area contributed by atoms with Crippen molar-refractivity contribution in [2.24, 2.45) is 0 Å². The highest BCUT2D eigenvalue weighted by Crippen LogP contribution is 2.35. The maximum Gasteiger partial charge on any atom is 0.150 e. The normalized spacial score (nSPS) is 11.1. The number of hydrogen-bond donors (Lipinski definition) is 0. The zero-order valence-corrected chi connectivity index (χ0v) is 15.3. The number of carbonyl (C=O) groups excluding carboxylic acids is 1. The molecule has 124 valence electrons. The highest BCUT2D eigenvalue weighted by Gasteiger charge is 2.15. The van der Waals surface area contributed by atoms with Gasteiger partial charge in [0, 0.05) is 32.9 Å². The average Bonchev–Trinajstić information content (AvgIpc) is 2.97. The Morgan fingerprint density at radius 3 is 2.56 bits per heavy atom. The van der Waals surface area contributed by atoms with Gasteiger partial charge in [-0.15, -0.1) is 0 Å². The quantitative estimate of drug-likeness (QED) is 0.433. The second-order valence-electron chi connectivity index (χ2n) is 5.96. The third-order valence-corrected chi connectivity index (χ3v) is 5.01. The maximum atomic E-state index is 11.2. The second kappa shape index (κ2) is 6.37.